The van der Waals surface area contributed by atoms with Crippen molar-refractivity contribution in [2.45, 2.75) is 19.3 Å². The number of ether oxygens (including phenoxy) is 1. The molecule has 8 heteroatoms. The van der Waals surface area contributed by atoms with Crippen LogP contribution in [0.3, 0.4) is 0 Å². The van der Waals surface area contributed by atoms with E-state index in [9.17, 15) is 14.4 Å². The number of amides is 3. The van der Waals surface area contributed by atoms with Gasteiger partial charge in [0.05, 0.1) is 23.0 Å². The number of benzene rings is 1. The number of para-hydroxylation sites is 1. The molecule has 2 N–H and O–H groups in total. The standard InChI is InChI=1S/C23H21N3O5/c1-24-23(29)26-19(27)13-31-22(28)20-16-8-2-3-10-18(16)25-21-14(6-4-9-17(20)21)12-15-7-5-11-30-15/h2-3,5,7-8,10-12H,4,6,9,13H2,1H3,(H2,24,26,27,29). The number of allylic oxidation sites excluding steroid dienone is 1. The summed E-state index contributed by atoms with van der Waals surface area (Å²) in [4.78, 5) is 41.0. The smallest absolute Gasteiger partial charge is 0.339 e. The molecule has 3 aromatic rings. The lowest BCUT2D eigenvalue weighted by Crippen LogP contribution is -2.39. The SMILES string of the molecule is CNC(=O)NC(=O)COC(=O)c1c2c(nc3ccccc13)C(=Cc1ccco1)CCC2. The third-order valence-electron chi connectivity index (χ3n) is 5.05. The Kier molecular flexibility index (Phi) is 5.79. The van der Waals surface area contributed by atoms with E-state index in [1.807, 2.05) is 42.5 Å². The maximum Gasteiger partial charge on any atom is 0.339 e. The largest absolute Gasteiger partial charge is 0.465 e. The quantitative estimate of drug-likeness (QED) is 0.628. The van der Waals surface area contributed by atoms with Gasteiger partial charge in [-0.1, -0.05) is 18.2 Å². The Morgan fingerprint density at radius 1 is 1.16 bits per heavy atom. The Bertz CT molecular complexity index is 1180. The van der Waals surface area contributed by atoms with Crippen LogP contribution in [-0.2, 0) is 16.0 Å². The maximum absolute atomic E-state index is 13.0. The Morgan fingerprint density at radius 2 is 2.00 bits per heavy atom. The molecule has 4 rings (SSSR count). The molecular weight excluding hydrogens is 398 g/mol. The normalized spacial score (nSPS) is 14.2. The fourth-order valence-corrected chi connectivity index (χ4v) is 3.68. The minimum Gasteiger partial charge on any atom is -0.465 e. The highest BCUT2D eigenvalue weighted by Crippen LogP contribution is 2.36. The Morgan fingerprint density at radius 3 is 2.77 bits per heavy atom. The molecule has 0 atom stereocenters. The van der Waals surface area contributed by atoms with Gasteiger partial charge in [-0.25, -0.2) is 14.6 Å². The van der Waals surface area contributed by atoms with Gasteiger partial charge in [0, 0.05) is 12.4 Å². The van der Waals surface area contributed by atoms with Crippen molar-refractivity contribution in [2.24, 2.45) is 0 Å². The summed E-state index contributed by atoms with van der Waals surface area (Å²) in [6, 6.07) is 10.3. The molecule has 158 valence electrons. The number of hydrogen-bond acceptors (Lipinski definition) is 6. The topological polar surface area (TPSA) is 111 Å². The lowest BCUT2D eigenvalue weighted by molar-refractivity contribution is -0.123. The molecule has 0 bridgehead atoms. The molecule has 0 spiro atoms. The summed E-state index contributed by atoms with van der Waals surface area (Å²) in [6.07, 6.45) is 5.86. The second-order valence-corrected chi connectivity index (χ2v) is 7.07. The summed E-state index contributed by atoms with van der Waals surface area (Å²) in [5, 5.41) is 5.00. The number of rotatable bonds is 4. The third kappa shape index (κ3) is 4.32. The molecule has 0 saturated heterocycles. The predicted octanol–water partition coefficient (Wildman–Crippen LogP) is 3.32. The van der Waals surface area contributed by atoms with E-state index in [2.05, 4.69) is 10.6 Å². The number of hydrogen-bond donors (Lipinski definition) is 2. The summed E-state index contributed by atoms with van der Waals surface area (Å²) in [5.41, 5.74) is 3.57. The number of fused-ring (bicyclic) bond motifs is 2. The highest BCUT2D eigenvalue weighted by atomic mass is 16.5. The predicted molar refractivity (Wildman–Crippen MR) is 114 cm³/mol. The molecule has 0 fully saturated rings. The van der Waals surface area contributed by atoms with Crippen molar-refractivity contribution >= 4 is 40.5 Å². The highest BCUT2D eigenvalue weighted by molar-refractivity contribution is 6.07. The number of pyridine rings is 1. The molecule has 8 nitrogen and oxygen atoms in total. The summed E-state index contributed by atoms with van der Waals surface area (Å²) < 4.78 is 10.7. The zero-order valence-electron chi connectivity index (χ0n) is 16.9. The van der Waals surface area contributed by atoms with E-state index in [0.717, 1.165) is 29.7 Å². The molecule has 3 amide bonds. The average molecular weight is 419 g/mol. The summed E-state index contributed by atoms with van der Waals surface area (Å²) in [7, 11) is 1.39. The zero-order valence-corrected chi connectivity index (χ0v) is 16.9. The van der Waals surface area contributed by atoms with Gasteiger partial charge in [0.1, 0.15) is 5.76 Å². The Labute approximate surface area is 178 Å². The first-order valence-electron chi connectivity index (χ1n) is 9.91. The second kappa shape index (κ2) is 8.83. The van der Waals surface area contributed by atoms with Crippen LogP contribution in [-0.4, -0.2) is 36.5 Å². The number of esters is 1. The fourth-order valence-electron chi connectivity index (χ4n) is 3.68. The van der Waals surface area contributed by atoms with Crippen LogP contribution in [0, 0.1) is 0 Å². The summed E-state index contributed by atoms with van der Waals surface area (Å²) in [6.45, 7) is -0.563. The Balaban J connectivity index is 1.72. The van der Waals surface area contributed by atoms with Crippen molar-refractivity contribution < 1.29 is 23.5 Å². The number of carbonyl (C=O) groups excluding carboxylic acids is 3. The first-order chi connectivity index (χ1) is 15.1. The summed E-state index contributed by atoms with van der Waals surface area (Å²) in [5.74, 6) is -0.618. The van der Waals surface area contributed by atoms with Crippen LogP contribution < -0.4 is 10.6 Å². The number of urea groups is 1. The molecule has 0 radical (unpaired) electrons. The molecule has 2 aromatic heterocycles. The van der Waals surface area contributed by atoms with Crippen LogP contribution >= 0.6 is 0 Å². The maximum atomic E-state index is 13.0. The molecule has 1 aliphatic rings. The van der Waals surface area contributed by atoms with Crippen LogP contribution in [0.1, 0.15) is 40.2 Å². The fraction of sp³-hybridized carbons (Fsp3) is 0.217. The van der Waals surface area contributed by atoms with Gasteiger partial charge in [0.25, 0.3) is 5.91 Å². The Hall–Kier alpha value is -3.94. The van der Waals surface area contributed by atoms with Crippen LogP contribution in [0.25, 0.3) is 22.6 Å². The van der Waals surface area contributed by atoms with Gasteiger partial charge in [-0.3, -0.25) is 10.1 Å². The molecule has 0 unspecified atom stereocenters. The minimum absolute atomic E-state index is 0.401. The van der Waals surface area contributed by atoms with Crippen molar-refractivity contribution in [3.8, 4) is 0 Å². The molecule has 1 aromatic carbocycles. The van der Waals surface area contributed by atoms with Gasteiger partial charge in [-0.05, 0) is 54.7 Å². The number of nitrogens with zero attached hydrogens (tertiary/aromatic N) is 1. The van der Waals surface area contributed by atoms with Crippen molar-refractivity contribution in [3.63, 3.8) is 0 Å². The van der Waals surface area contributed by atoms with Gasteiger partial charge in [-0.15, -0.1) is 0 Å². The van der Waals surface area contributed by atoms with Gasteiger partial charge in [-0.2, -0.15) is 0 Å². The van der Waals surface area contributed by atoms with Crippen molar-refractivity contribution in [2.75, 3.05) is 13.7 Å². The average Bonchev–Trinajstić information content (AvgIpc) is 3.29. The number of nitrogens with one attached hydrogen (secondary N) is 2. The van der Waals surface area contributed by atoms with E-state index in [1.165, 1.54) is 7.05 Å². The van der Waals surface area contributed by atoms with E-state index in [-0.39, 0.29) is 0 Å². The summed E-state index contributed by atoms with van der Waals surface area (Å²) >= 11 is 0. The number of imide groups is 1. The molecule has 1 aliphatic carbocycles. The monoisotopic (exact) mass is 419 g/mol. The molecular formula is C23H21N3O5. The number of carbonyl (C=O) groups is 3. The zero-order chi connectivity index (χ0) is 21.8. The first-order valence-corrected chi connectivity index (χ1v) is 9.91. The lowest BCUT2D eigenvalue weighted by Gasteiger charge is -2.22. The molecule has 0 saturated carbocycles. The second-order valence-electron chi connectivity index (χ2n) is 7.07. The van der Waals surface area contributed by atoms with Gasteiger partial charge in [0.2, 0.25) is 0 Å². The van der Waals surface area contributed by atoms with Crippen LogP contribution in [0.15, 0.2) is 47.1 Å². The molecule has 0 aliphatic heterocycles. The van der Waals surface area contributed by atoms with Crippen molar-refractivity contribution in [3.05, 3.63) is 65.2 Å². The van der Waals surface area contributed by atoms with E-state index < -0.39 is 24.5 Å². The van der Waals surface area contributed by atoms with E-state index in [1.54, 1.807) is 6.26 Å². The molecule has 2 heterocycles. The minimum atomic E-state index is -0.710. The van der Waals surface area contributed by atoms with Gasteiger partial charge in [0.15, 0.2) is 6.61 Å². The van der Waals surface area contributed by atoms with Crippen LogP contribution in [0.2, 0.25) is 0 Å². The number of furan rings is 1. The van der Waals surface area contributed by atoms with Gasteiger partial charge < -0.3 is 14.5 Å². The van der Waals surface area contributed by atoms with E-state index in [0.29, 0.717) is 28.6 Å². The van der Waals surface area contributed by atoms with E-state index in [4.69, 9.17) is 14.1 Å². The van der Waals surface area contributed by atoms with E-state index >= 15 is 0 Å². The lowest BCUT2D eigenvalue weighted by atomic mass is 9.86. The highest BCUT2D eigenvalue weighted by Gasteiger charge is 2.26. The van der Waals surface area contributed by atoms with Crippen LogP contribution in [0.5, 0.6) is 0 Å². The van der Waals surface area contributed by atoms with Crippen LogP contribution in [0.4, 0.5) is 4.79 Å². The van der Waals surface area contributed by atoms with Crippen molar-refractivity contribution in [1.82, 2.24) is 15.6 Å². The van der Waals surface area contributed by atoms with Gasteiger partial charge >= 0.3 is 12.0 Å². The number of aromatic nitrogens is 1. The first kappa shape index (κ1) is 20.3. The third-order valence-corrected chi connectivity index (χ3v) is 5.05. The van der Waals surface area contributed by atoms with Crippen molar-refractivity contribution in [1.29, 1.82) is 0 Å². The molecule has 31 heavy (non-hydrogen) atoms.